The van der Waals surface area contributed by atoms with Crippen LogP contribution in [0.1, 0.15) is 18.9 Å². The van der Waals surface area contributed by atoms with Crippen molar-refractivity contribution in [3.8, 4) is 0 Å². The second-order valence-corrected chi connectivity index (χ2v) is 4.77. The largest absolute Gasteiger partial charge is 0.396 e. The SMILES string of the molecule is CCC(CO)CNCc1ccc2ccccc2c1. The van der Waals surface area contributed by atoms with Gasteiger partial charge in [-0.3, -0.25) is 0 Å². The summed E-state index contributed by atoms with van der Waals surface area (Å²) in [6.07, 6.45) is 1.02. The van der Waals surface area contributed by atoms with Crippen LogP contribution in [0.15, 0.2) is 42.5 Å². The quantitative estimate of drug-likeness (QED) is 0.817. The molecule has 0 heterocycles. The second kappa shape index (κ2) is 6.53. The Morgan fingerprint density at radius 3 is 2.61 bits per heavy atom. The van der Waals surface area contributed by atoms with Gasteiger partial charge in [-0.1, -0.05) is 43.3 Å². The van der Waals surface area contributed by atoms with Gasteiger partial charge in [-0.05, 0) is 34.7 Å². The first kappa shape index (κ1) is 13.1. The fraction of sp³-hybridized carbons (Fsp3) is 0.375. The molecule has 0 saturated carbocycles. The van der Waals surface area contributed by atoms with Gasteiger partial charge in [-0.2, -0.15) is 0 Å². The molecule has 1 atom stereocenters. The summed E-state index contributed by atoms with van der Waals surface area (Å²) >= 11 is 0. The predicted octanol–water partition coefficient (Wildman–Crippen LogP) is 2.95. The number of hydrogen-bond acceptors (Lipinski definition) is 2. The van der Waals surface area contributed by atoms with Crippen molar-refractivity contribution < 1.29 is 5.11 Å². The predicted molar refractivity (Wildman–Crippen MR) is 76.5 cm³/mol. The van der Waals surface area contributed by atoms with Crippen LogP contribution in [0.2, 0.25) is 0 Å². The van der Waals surface area contributed by atoms with Crippen LogP contribution in [-0.2, 0) is 6.54 Å². The normalized spacial score (nSPS) is 12.8. The van der Waals surface area contributed by atoms with Crippen LogP contribution in [0.25, 0.3) is 10.8 Å². The summed E-state index contributed by atoms with van der Waals surface area (Å²) < 4.78 is 0. The van der Waals surface area contributed by atoms with E-state index in [9.17, 15) is 0 Å². The number of benzene rings is 2. The van der Waals surface area contributed by atoms with E-state index in [1.165, 1.54) is 16.3 Å². The molecule has 0 aliphatic carbocycles. The Hall–Kier alpha value is -1.38. The average Bonchev–Trinajstić information content (AvgIpc) is 2.43. The van der Waals surface area contributed by atoms with Crippen LogP contribution in [0, 0.1) is 5.92 Å². The lowest BCUT2D eigenvalue weighted by Crippen LogP contribution is -2.24. The summed E-state index contributed by atoms with van der Waals surface area (Å²) in [4.78, 5) is 0. The molecule has 96 valence electrons. The third-order valence-electron chi connectivity index (χ3n) is 3.41. The summed E-state index contributed by atoms with van der Waals surface area (Å²) in [5.74, 6) is 0.366. The van der Waals surface area contributed by atoms with E-state index in [-0.39, 0.29) is 6.61 Å². The van der Waals surface area contributed by atoms with Gasteiger partial charge in [0.15, 0.2) is 0 Å². The van der Waals surface area contributed by atoms with E-state index in [2.05, 4.69) is 54.7 Å². The van der Waals surface area contributed by atoms with E-state index < -0.39 is 0 Å². The smallest absolute Gasteiger partial charge is 0.0471 e. The lowest BCUT2D eigenvalue weighted by molar-refractivity contribution is 0.218. The molecule has 0 aliphatic rings. The summed E-state index contributed by atoms with van der Waals surface area (Å²) in [6.45, 7) is 4.11. The number of hydrogen-bond donors (Lipinski definition) is 2. The number of nitrogens with one attached hydrogen (secondary N) is 1. The van der Waals surface area contributed by atoms with Crippen molar-refractivity contribution in [1.29, 1.82) is 0 Å². The first-order chi connectivity index (χ1) is 8.83. The van der Waals surface area contributed by atoms with Crippen molar-refractivity contribution in [2.24, 2.45) is 5.92 Å². The van der Waals surface area contributed by atoms with Gasteiger partial charge in [0.05, 0.1) is 0 Å². The molecule has 2 aromatic rings. The number of rotatable bonds is 6. The fourth-order valence-electron chi connectivity index (χ4n) is 2.11. The maximum Gasteiger partial charge on any atom is 0.0471 e. The molecule has 2 rings (SSSR count). The topological polar surface area (TPSA) is 32.3 Å². The molecule has 18 heavy (non-hydrogen) atoms. The molecule has 0 bridgehead atoms. The molecule has 0 fully saturated rings. The van der Waals surface area contributed by atoms with Crippen molar-refractivity contribution in [3.05, 3.63) is 48.0 Å². The fourth-order valence-corrected chi connectivity index (χ4v) is 2.11. The van der Waals surface area contributed by atoms with Crippen LogP contribution < -0.4 is 5.32 Å². The second-order valence-electron chi connectivity index (χ2n) is 4.77. The Labute approximate surface area is 109 Å². The van der Waals surface area contributed by atoms with Crippen molar-refractivity contribution >= 4 is 10.8 Å². The van der Waals surface area contributed by atoms with Gasteiger partial charge in [0.2, 0.25) is 0 Å². The zero-order chi connectivity index (χ0) is 12.8. The van der Waals surface area contributed by atoms with E-state index in [1.54, 1.807) is 0 Å². The van der Waals surface area contributed by atoms with Crippen LogP contribution in [-0.4, -0.2) is 18.3 Å². The standard InChI is InChI=1S/C16H21NO/c1-2-13(12-18)10-17-11-14-7-8-15-5-3-4-6-16(15)9-14/h3-9,13,17-18H,2,10-12H2,1H3. The van der Waals surface area contributed by atoms with E-state index in [0.717, 1.165) is 19.5 Å². The molecule has 0 amide bonds. The average molecular weight is 243 g/mol. The molecule has 0 aromatic heterocycles. The van der Waals surface area contributed by atoms with Crippen molar-refractivity contribution in [3.63, 3.8) is 0 Å². The zero-order valence-electron chi connectivity index (χ0n) is 10.9. The molecule has 0 spiro atoms. The highest BCUT2D eigenvalue weighted by Gasteiger charge is 2.03. The van der Waals surface area contributed by atoms with Crippen LogP contribution in [0.5, 0.6) is 0 Å². The molecule has 2 heteroatoms. The summed E-state index contributed by atoms with van der Waals surface area (Å²) in [5.41, 5.74) is 1.29. The molecule has 2 nitrogen and oxygen atoms in total. The van der Waals surface area contributed by atoms with Gasteiger partial charge >= 0.3 is 0 Å². The summed E-state index contributed by atoms with van der Waals surface area (Å²) in [6, 6.07) is 15.0. The molecular formula is C16H21NO. The van der Waals surface area contributed by atoms with Gasteiger partial charge in [0.1, 0.15) is 0 Å². The van der Waals surface area contributed by atoms with E-state index in [0.29, 0.717) is 5.92 Å². The molecule has 1 unspecified atom stereocenters. The lowest BCUT2D eigenvalue weighted by atomic mass is 10.1. The first-order valence-corrected chi connectivity index (χ1v) is 6.62. The minimum absolute atomic E-state index is 0.265. The molecule has 0 saturated heterocycles. The third-order valence-corrected chi connectivity index (χ3v) is 3.41. The minimum atomic E-state index is 0.265. The Bertz CT molecular complexity index is 491. The summed E-state index contributed by atoms with van der Waals surface area (Å²) in [7, 11) is 0. The Morgan fingerprint density at radius 2 is 1.89 bits per heavy atom. The van der Waals surface area contributed by atoms with Gasteiger partial charge in [0.25, 0.3) is 0 Å². The van der Waals surface area contributed by atoms with E-state index >= 15 is 0 Å². The maximum atomic E-state index is 9.12. The number of fused-ring (bicyclic) bond motifs is 1. The first-order valence-electron chi connectivity index (χ1n) is 6.62. The molecule has 0 aliphatic heterocycles. The van der Waals surface area contributed by atoms with Gasteiger partial charge in [-0.25, -0.2) is 0 Å². The van der Waals surface area contributed by atoms with Crippen molar-refractivity contribution in [1.82, 2.24) is 5.32 Å². The molecule has 2 aromatic carbocycles. The van der Waals surface area contributed by atoms with Crippen LogP contribution in [0.3, 0.4) is 0 Å². The Morgan fingerprint density at radius 1 is 1.11 bits per heavy atom. The Balaban J connectivity index is 1.95. The van der Waals surface area contributed by atoms with E-state index in [1.807, 2.05) is 0 Å². The molecule has 0 radical (unpaired) electrons. The zero-order valence-corrected chi connectivity index (χ0v) is 10.9. The monoisotopic (exact) mass is 243 g/mol. The third kappa shape index (κ3) is 3.31. The lowest BCUT2D eigenvalue weighted by Gasteiger charge is -2.12. The van der Waals surface area contributed by atoms with Gasteiger partial charge in [0, 0.05) is 19.7 Å². The van der Waals surface area contributed by atoms with Crippen molar-refractivity contribution in [2.75, 3.05) is 13.2 Å². The number of aliphatic hydroxyl groups is 1. The molecule has 2 N–H and O–H groups in total. The minimum Gasteiger partial charge on any atom is -0.396 e. The van der Waals surface area contributed by atoms with Gasteiger partial charge in [-0.15, -0.1) is 0 Å². The Kier molecular flexibility index (Phi) is 4.73. The number of aliphatic hydroxyl groups excluding tert-OH is 1. The highest BCUT2D eigenvalue weighted by molar-refractivity contribution is 5.82. The highest BCUT2D eigenvalue weighted by Crippen LogP contribution is 2.15. The van der Waals surface area contributed by atoms with E-state index in [4.69, 9.17) is 5.11 Å². The highest BCUT2D eigenvalue weighted by atomic mass is 16.3. The molecular weight excluding hydrogens is 222 g/mol. The van der Waals surface area contributed by atoms with Crippen molar-refractivity contribution in [2.45, 2.75) is 19.9 Å². The van der Waals surface area contributed by atoms with Crippen LogP contribution in [0.4, 0.5) is 0 Å². The van der Waals surface area contributed by atoms with Gasteiger partial charge < -0.3 is 10.4 Å². The maximum absolute atomic E-state index is 9.12. The van der Waals surface area contributed by atoms with Crippen LogP contribution >= 0.6 is 0 Å². The summed E-state index contributed by atoms with van der Waals surface area (Å²) in [5, 5.41) is 15.1.